The molecule has 2 rings (SSSR count). The maximum Gasteiger partial charge on any atom is 0.327 e. The largest absolute Gasteiger partial charge is 0.468 e. The lowest BCUT2D eigenvalue weighted by Crippen LogP contribution is -2.33. The Balaban J connectivity index is 2.49. The molecule has 0 amide bonds. The van der Waals surface area contributed by atoms with Crippen molar-refractivity contribution in [1.82, 2.24) is 4.90 Å². The number of rotatable bonds is 1. The van der Waals surface area contributed by atoms with Crippen LogP contribution in [0.15, 0.2) is 24.3 Å². The first kappa shape index (κ1) is 11.9. The molecule has 0 spiro atoms. The minimum Gasteiger partial charge on any atom is -0.468 e. The number of nitrogens with zero attached hydrogens (tertiary/aromatic N) is 2. The molecular weight excluding hydrogens is 216 g/mol. The summed E-state index contributed by atoms with van der Waals surface area (Å²) in [6.07, 6.45) is 0. The summed E-state index contributed by atoms with van der Waals surface area (Å²) in [7, 11) is 5.44. The average molecular weight is 234 g/mol. The van der Waals surface area contributed by atoms with Gasteiger partial charge in [0.2, 0.25) is 0 Å². The van der Waals surface area contributed by atoms with Gasteiger partial charge >= 0.3 is 5.97 Å². The van der Waals surface area contributed by atoms with Crippen molar-refractivity contribution < 1.29 is 9.53 Å². The van der Waals surface area contributed by atoms with E-state index in [0.717, 1.165) is 24.3 Å². The summed E-state index contributed by atoms with van der Waals surface area (Å²) >= 11 is 0. The fraction of sp³-hybridized carbons (Fsp3) is 0.462. The standard InChI is InChI=1S/C13H18N2O2/c1-14-8-9-15(2)12(13(16)17-3)10-6-4-5-7-11(10)14/h4-7,12H,8-9H2,1-3H3. The molecule has 4 nitrogen and oxygen atoms in total. The fourth-order valence-electron chi connectivity index (χ4n) is 2.28. The van der Waals surface area contributed by atoms with Gasteiger partial charge in [0.1, 0.15) is 6.04 Å². The van der Waals surface area contributed by atoms with Crippen molar-refractivity contribution in [2.45, 2.75) is 6.04 Å². The topological polar surface area (TPSA) is 32.8 Å². The zero-order chi connectivity index (χ0) is 12.4. The maximum atomic E-state index is 11.9. The highest BCUT2D eigenvalue weighted by Gasteiger charge is 2.31. The van der Waals surface area contributed by atoms with Crippen molar-refractivity contribution in [3.8, 4) is 0 Å². The van der Waals surface area contributed by atoms with Crippen LogP contribution in [-0.2, 0) is 9.53 Å². The maximum absolute atomic E-state index is 11.9. The number of anilines is 1. The second-order valence-electron chi connectivity index (χ2n) is 4.39. The van der Waals surface area contributed by atoms with Crippen LogP contribution in [0.25, 0.3) is 0 Å². The Morgan fingerprint density at radius 3 is 2.71 bits per heavy atom. The Morgan fingerprint density at radius 2 is 2.00 bits per heavy atom. The predicted octanol–water partition coefficient (Wildman–Crippen LogP) is 1.28. The van der Waals surface area contributed by atoms with Gasteiger partial charge in [-0.05, 0) is 13.1 Å². The van der Waals surface area contributed by atoms with Gasteiger partial charge in [0.05, 0.1) is 7.11 Å². The number of likely N-dealkylation sites (N-methyl/N-ethyl adjacent to an activating group) is 2. The number of carbonyl (C=O) groups is 1. The van der Waals surface area contributed by atoms with E-state index in [4.69, 9.17) is 4.74 Å². The molecule has 1 aliphatic heterocycles. The summed E-state index contributed by atoms with van der Waals surface area (Å²) in [5, 5.41) is 0. The van der Waals surface area contributed by atoms with Gasteiger partial charge in [0.15, 0.2) is 0 Å². The normalized spacial score (nSPS) is 20.6. The number of para-hydroxylation sites is 1. The summed E-state index contributed by atoms with van der Waals surface area (Å²) in [5.74, 6) is -0.199. The molecular formula is C13H18N2O2. The molecule has 1 aromatic rings. The zero-order valence-corrected chi connectivity index (χ0v) is 10.5. The summed E-state index contributed by atoms with van der Waals surface area (Å²) in [5.41, 5.74) is 2.12. The smallest absolute Gasteiger partial charge is 0.327 e. The number of carbonyl (C=O) groups excluding carboxylic acids is 1. The summed E-state index contributed by atoms with van der Waals surface area (Å²) in [6.45, 7) is 1.74. The van der Waals surface area contributed by atoms with Crippen LogP contribution >= 0.6 is 0 Å². The van der Waals surface area contributed by atoms with Gasteiger partial charge in [-0.15, -0.1) is 0 Å². The van der Waals surface area contributed by atoms with Gasteiger partial charge in [-0.2, -0.15) is 0 Å². The molecule has 1 atom stereocenters. The van der Waals surface area contributed by atoms with E-state index < -0.39 is 0 Å². The molecule has 92 valence electrons. The van der Waals surface area contributed by atoms with Gasteiger partial charge in [0, 0.05) is 31.4 Å². The molecule has 0 N–H and O–H groups in total. The summed E-state index contributed by atoms with van der Waals surface area (Å²) in [6, 6.07) is 7.69. The van der Waals surface area contributed by atoms with Crippen LogP contribution < -0.4 is 4.90 Å². The lowest BCUT2D eigenvalue weighted by Gasteiger charge is -2.23. The van der Waals surface area contributed by atoms with E-state index in [1.807, 2.05) is 43.3 Å². The van der Waals surface area contributed by atoms with Crippen LogP contribution in [-0.4, -0.2) is 45.2 Å². The van der Waals surface area contributed by atoms with Crippen LogP contribution in [0.5, 0.6) is 0 Å². The van der Waals surface area contributed by atoms with Gasteiger partial charge in [0.25, 0.3) is 0 Å². The molecule has 4 heteroatoms. The first-order chi connectivity index (χ1) is 8.15. The van der Waals surface area contributed by atoms with Crippen LogP contribution in [0, 0.1) is 0 Å². The highest BCUT2D eigenvalue weighted by atomic mass is 16.5. The van der Waals surface area contributed by atoms with E-state index in [1.54, 1.807) is 0 Å². The first-order valence-electron chi connectivity index (χ1n) is 5.73. The Hall–Kier alpha value is -1.55. The monoisotopic (exact) mass is 234 g/mol. The quantitative estimate of drug-likeness (QED) is 0.685. The van der Waals surface area contributed by atoms with Crippen molar-refractivity contribution in [3.63, 3.8) is 0 Å². The molecule has 1 unspecified atom stereocenters. The van der Waals surface area contributed by atoms with Crippen molar-refractivity contribution in [3.05, 3.63) is 29.8 Å². The van der Waals surface area contributed by atoms with E-state index in [9.17, 15) is 4.79 Å². The Kier molecular flexibility index (Phi) is 3.33. The average Bonchev–Trinajstić information content (AvgIpc) is 2.47. The highest BCUT2D eigenvalue weighted by Crippen LogP contribution is 2.32. The van der Waals surface area contributed by atoms with E-state index in [-0.39, 0.29) is 12.0 Å². The second kappa shape index (κ2) is 4.75. The first-order valence-corrected chi connectivity index (χ1v) is 5.73. The molecule has 1 aromatic carbocycles. The molecule has 0 saturated carbocycles. The minimum atomic E-state index is -0.304. The third-order valence-corrected chi connectivity index (χ3v) is 3.30. The van der Waals surface area contributed by atoms with Gasteiger partial charge in [-0.3, -0.25) is 4.90 Å². The number of hydrogen-bond acceptors (Lipinski definition) is 4. The van der Waals surface area contributed by atoms with E-state index in [2.05, 4.69) is 4.90 Å². The molecule has 0 fully saturated rings. The van der Waals surface area contributed by atoms with Gasteiger partial charge < -0.3 is 9.64 Å². The third kappa shape index (κ3) is 2.13. The van der Waals surface area contributed by atoms with E-state index in [0.29, 0.717) is 0 Å². The number of methoxy groups -OCH3 is 1. The van der Waals surface area contributed by atoms with E-state index in [1.165, 1.54) is 7.11 Å². The molecule has 0 aliphatic carbocycles. The molecule has 0 saturated heterocycles. The lowest BCUT2D eigenvalue weighted by molar-refractivity contribution is -0.146. The van der Waals surface area contributed by atoms with Crippen LogP contribution in [0.1, 0.15) is 11.6 Å². The third-order valence-electron chi connectivity index (χ3n) is 3.30. The zero-order valence-electron chi connectivity index (χ0n) is 10.5. The fourth-order valence-corrected chi connectivity index (χ4v) is 2.28. The van der Waals surface area contributed by atoms with Crippen molar-refractivity contribution in [2.24, 2.45) is 0 Å². The lowest BCUT2D eigenvalue weighted by atomic mass is 10.0. The number of esters is 1. The van der Waals surface area contributed by atoms with Crippen molar-refractivity contribution in [2.75, 3.05) is 39.2 Å². The van der Waals surface area contributed by atoms with Crippen LogP contribution in [0.2, 0.25) is 0 Å². The molecule has 0 aromatic heterocycles. The van der Waals surface area contributed by atoms with Crippen molar-refractivity contribution >= 4 is 11.7 Å². The summed E-state index contributed by atoms with van der Waals surface area (Å²) < 4.78 is 4.91. The Morgan fingerprint density at radius 1 is 1.29 bits per heavy atom. The number of ether oxygens (including phenoxy) is 1. The number of hydrogen-bond donors (Lipinski definition) is 0. The van der Waals surface area contributed by atoms with E-state index >= 15 is 0 Å². The van der Waals surface area contributed by atoms with Gasteiger partial charge in [-0.25, -0.2) is 4.79 Å². The SMILES string of the molecule is COC(=O)C1c2ccccc2N(C)CCN1C. The Bertz CT molecular complexity index is 420. The predicted molar refractivity (Wildman–Crippen MR) is 67.1 cm³/mol. The minimum absolute atomic E-state index is 0.199. The molecule has 0 radical (unpaired) electrons. The number of fused-ring (bicyclic) bond motifs is 1. The highest BCUT2D eigenvalue weighted by molar-refractivity contribution is 5.80. The van der Waals surface area contributed by atoms with Crippen LogP contribution in [0.4, 0.5) is 5.69 Å². The van der Waals surface area contributed by atoms with Crippen molar-refractivity contribution in [1.29, 1.82) is 0 Å². The van der Waals surface area contributed by atoms with Crippen LogP contribution in [0.3, 0.4) is 0 Å². The Labute approximate surface area is 102 Å². The summed E-state index contributed by atoms with van der Waals surface area (Å²) in [4.78, 5) is 16.1. The number of benzene rings is 1. The second-order valence-corrected chi connectivity index (χ2v) is 4.39. The van der Waals surface area contributed by atoms with Gasteiger partial charge in [-0.1, -0.05) is 18.2 Å². The molecule has 0 bridgehead atoms. The molecule has 1 aliphatic rings. The molecule has 17 heavy (non-hydrogen) atoms. The molecule has 1 heterocycles.